The fourth-order valence-corrected chi connectivity index (χ4v) is 4.51. The number of rotatable bonds is 6. The van der Waals surface area contributed by atoms with Gasteiger partial charge in [-0.05, 0) is 47.5 Å². The molecule has 5 rings (SSSR count). The normalized spacial score (nSPS) is 18.0. The standard InChI is InChI=1S/C28H26N2O6/c1-29(2)20-10-8-18(9-11-20)25-24(26(31)19-5-4-6-21(14-19)34-3)27(32)28(33)30(25)15-17-7-12-22-23(13-17)36-16-35-22/h4-14,25,31H,15-16H2,1-3H3/b26-24+. The predicted octanol–water partition coefficient (Wildman–Crippen LogP) is 4.11. The minimum atomic E-state index is -0.780. The van der Waals surface area contributed by atoms with Crippen molar-refractivity contribution in [2.24, 2.45) is 0 Å². The van der Waals surface area contributed by atoms with Gasteiger partial charge in [0.15, 0.2) is 11.5 Å². The van der Waals surface area contributed by atoms with E-state index in [0.29, 0.717) is 28.4 Å². The molecule has 1 fully saturated rings. The number of hydrogen-bond donors (Lipinski definition) is 1. The quantitative estimate of drug-likeness (QED) is 0.319. The van der Waals surface area contributed by atoms with E-state index in [4.69, 9.17) is 14.2 Å². The van der Waals surface area contributed by atoms with Crippen molar-refractivity contribution in [1.82, 2.24) is 4.90 Å². The number of aliphatic hydroxyl groups excluding tert-OH is 1. The van der Waals surface area contributed by atoms with Gasteiger partial charge in [-0.3, -0.25) is 9.59 Å². The highest BCUT2D eigenvalue weighted by Gasteiger charge is 2.46. The molecule has 2 aliphatic heterocycles. The van der Waals surface area contributed by atoms with Crippen LogP contribution in [-0.2, 0) is 16.1 Å². The molecule has 0 bridgehead atoms. The third-order valence-corrected chi connectivity index (χ3v) is 6.40. The number of fused-ring (bicyclic) bond motifs is 1. The van der Waals surface area contributed by atoms with Crippen LogP contribution in [0.25, 0.3) is 5.76 Å². The predicted molar refractivity (Wildman–Crippen MR) is 134 cm³/mol. The second-order valence-corrected chi connectivity index (χ2v) is 8.83. The number of nitrogens with zero attached hydrogens (tertiary/aromatic N) is 2. The first kappa shape index (κ1) is 23.3. The molecule has 3 aromatic rings. The molecule has 2 heterocycles. The van der Waals surface area contributed by atoms with Crippen LogP contribution in [-0.4, -0.2) is 49.7 Å². The summed E-state index contributed by atoms with van der Waals surface area (Å²) in [6.07, 6.45) is 0. The van der Waals surface area contributed by atoms with Crippen molar-refractivity contribution in [3.8, 4) is 17.2 Å². The number of ketones is 1. The van der Waals surface area contributed by atoms with E-state index in [1.165, 1.54) is 12.0 Å². The molecule has 1 amide bonds. The number of ether oxygens (including phenoxy) is 3. The molecule has 36 heavy (non-hydrogen) atoms. The Bertz CT molecular complexity index is 1360. The van der Waals surface area contributed by atoms with Crippen molar-refractivity contribution in [2.45, 2.75) is 12.6 Å². The molecular formula is C28H26N2O6. The third kappa shape index (κ3) is 4.11. The zero-order chi connectivity index (χ0) is 25.4. The molecule has 184 valence electrons. The number of Topliss-reactive ketones (excluding diaryl/α,β-unsaturated/α-hetero) is 1. The molecule has 2 aliphatic rings. The van der Waals surface area contributed by atoms with Crippen LogP contribution in [0, 0.1) is 0 Å². The molecule has 0 radical (unpaired) electrons. The van der Waals surface area contributed by atoms with E-state index >= 15 is 0 Å². The van der Waals surface area contributed by atoms with Gasteiger partial charge in [-0.15, -0.1) is 0 Å². The molecule has 1 saturated heterocycles. The molecule has 0 spiro atoms. The van der Waals surface area contributed by atoms with Crippen molar-refractivity contribution < 1.29 is 28.9 Å². The van der Waals surface area contributed by atoms with E-state index in [2.05, 4.69) is 0 Å². The van der Waals surface area contributed by atoms with Crippen molar-refractivity contribution in [3.05, 3.63) is 89.0 Å². The van der Waals surface area contributed by atoms with Gasteiger partial charge in [-0.1, -0.05) is 30.3 Å². The average molecular weight is 487 g/mol. The first-order chi connectivity index (χ1) is 17.4. The second-order valence-electron chi connectivity index (χ2n) is 8.83. The molecule has 0 aliphatic carbocycles. The molecule has 1 N–H and O–H groups in total. The van der Waals surface area contributed by atoms with Gasteiger partial charge in [0.25, 0.3) is 11.7 Å². The molecule has 8 nitrogen and oxygen atoms in total. The number of carbonyl (C=O) groups is 2. The van der Waals surface area contributed by atoms with E-state index < -0.39 is 17.7 Å². The van der Waals surface area contributed by atoms with Crippen LogP contribution in [0.5, 0.6) is 17.2 Å². The number of hydrogen-bond acceptors (Lipinski definition) is 7. The first-order valence-corrected chi connectivity index (χ1v) is 11.5. The van der Waals surface area contributed by atoms with Gasteiger partial charge in [0.2, 0.25) is 6.79 Å². The number of methoxy groups -OCH3 is 1. The van der Waals surface area contributed by atoms with E-state index in [1.54, 1.807) is 36.4 Å². The number of amides is 1. The van der Waals surface area contributed by atoms with Gasteiger partial charge in [-0.25, -0.2) is 0 Å². The molecule has 0 saturated carbocycles. The number of benzene rings is 3. The van der Waals surface area contributed by atoms with Crippen LogP contribution in [0.15, 0.2) is 72.3 Å². The lowest BCUT2D eigenvalue weighted by Gasteiger charge is -2.26. The maximum Gasteiger partial charge on any atom is 0.295 e. The zero-order valence-electron chi connectivity index (χ0n) is 20.2. The van der Waals surface area contributed by atoms with Crippen molar-refractivity contribution in [3.63, 3.8) is 0 Å². The summed E-state index contributed by atoms with van der Waals surface area (Å²) in [7, 11) is 5.39. The molecule has 0 aromatic heterocycles. The third-order valence-electron chi connectivity index (χ3n) is 6.40. The smallest absolute Gasteiger partial charge is 0.295 e. The second kappa shape index (κ2) is 9.30. The highest BCUT2D eigenvalue weighted by Crippen LogP contribution is 2.42. The van der Waals surface area contributed by atoms with E-state index in [9.17, 15) is 14.7 Å². The van der Waals surface area contributed by atoms with Crippen LogP contribution < -0.4 is 19.1 Å². The summed E-state index contributed by atoms with van der Waals surface area (Å²) in [6.45, 7) is 0.290. The fourth-order valence-electron chi connectivity index (χ4n) is 4.51. The van der Waals surface area contributed by atoms with Gasteiger partial charge < -0.3 is 29.1 Å². The SMILES string of the molecule is COc1cccc(/C(O)=C2\C(=O)C(=O)N(Cc3ccc4c(c3)OCO4)C2c2ccc(N(C)C)cc2)c1. The molecule has 1 unspecified atom stereocenters. The van der Waals surface area contributed by atoms with Crippen molar-refractivity contribution >= 4 is 23.1 Å². The Morgan fingerprint density at radius 2 is 1.78 bits per heavy atom. The summed E-state index contributed by atoms with van der Waals surface area (Å²) in [5.41, 5.74) is 2.89. The Labute approximate surface area is 208 Å². The minimum absolute atomic E-state index is 0.0339. The van der Waals surface area contributed by atoms with Gasteiger partial charge in [0.05, 0.1) is 18.7 Å². The van der Waals surface area contributed by atoms with Crippen LogP contribution in [0.1, 0.15) is 22.7 Å². The number of likely N-dealkylation sites (tertiary alicyclic amines) is 1. The van der Waals surface area contributed by atoms with E-state index in [0.717, 1.165) is 11.3 Å². The topological polar surface area (TPSA) is 88.5 Å². The monoisotopic (exact) mass is 486 g/mol. The molecular weight excluding hydrogens is 460 g/mol. The lowest BCUT2D eigenvalue weighted by molar-refractivity contribution is -0.140. The van der Waals surface area contributed by atoms with E-state index in [-0.39, 0.29) is 24.7 Å². The Kier molecular flexibility index (Phi) is 6.01. The number of aliphatic hydroxyl groups is 1. The number of anilines is 1. The molecule has 1 atom stereocenters. The van der Waals surface area contributed by atoms with Crippen LogP contribution >= 0.6 is 0 Å². The van der Waals surface area contributed by atoms with Gasteiger partial charge >= 0.3 is 0 Å². The van der Waals surface area contributed by atoms with Crippen LogP contribution in [0.4, 0.5) is 5.69 Å². The summed E-state index contributed by atoms with van der Waals surface area (Å²) < 4.78 is 16.1. The summed E-state index contributed by atoms with van der Waals surface area (Å²) in [6, 6.07) is 19.0. The van der Waals surface area contributed by atoms with Crippen molar-refractivity contribution in [1.29, 1.82) is 0 Å². The van der Waals surface area contributed by atoms with Crippen molar-refractivity contribution in [2.75, 3.05) is 32.9 Å². The lowest BCUT2D eigenvalue weighted by atomic mass is 9.95. The summed E-state index contributed by atoms with van der Waals surface area (Å²) >= 11 is 0. The van der Waals surface area contributed by atoms with Gasteiger partial charge in [0.1, 0.15) is 11.5 Å². The highest BCUT2D eigenvalue weighted by molar-refractivity contribution is 6.46. The lowest BCUT2D eigenvalue weighted by Crippen LogP contribution is -2.29. The zero-order valence-corrected chi connectivity index (χ0v) is 20.2. The fraction of sp³-hybridized carbons (Fsp3) is 0.214. The van der Waals surface area contributed by atoms with Crippen LogP contribution in [0.2, 0.25) is 0 Å². The molecule has 3 aromatic carbocycles. The first-order valence-electron chi connectivity index (χ1n) is 11.5. The highest BCUT2D eigenvalue weighted by atomic mass is 16.7. The van der Waals surface area contributed by atoms with Gasteiger partial charge in [-0.2, -0.15) is 0 Å². The maximum absolute atomic E-state index is 13.3. The Morgan fingerprint density at radius 1 is 1.03 bits per heavy atom. The van der Waals surface area contributed by atoms with E-state index in [1.807, 2.05) is 49.3 Å². The Morgan fingerprint density at radius 3 is 2.50 bits per heavy atom. The minimum Gasteiger partial charge on any atom is -0.507 e. The maximum atomic E-state index is 13.3. The van der Waals surface area contributed by atoms with Crippen LogP contribution in [0.3, 0.4) is 0 Å². The summed E-state index contributed by atoms with van der Waals surface area (Å²) in [5.74, 6) is 0.0844. The largest absolute Gasteiger partial charge is 0.507 e. The molecule has 8 heteroatoms. The Balaban J connectivity index is 1.61. The summed E-state index contributed by atoms with van der Waals surface area (Å²) in [4.78, 5) is 30.1. The Hall–Kier alpha value is -4.46. The van der Waals surface area contributed by atoms with Gasteiger partial charge in [0, 0.05) is 31.9 Å². The number of carbonyl (C=O) groups excluding carboxylic acids is 2. The average Bonchev–Trinajstić information content (AvgIpc) is 3.46. The summed E-state index contributed by atoms with van der Waals surface area (Å²) in [5, 5.41) is 11.3.